The first-order chi connectivity index (χ1) is 9.10. The van der Waals surface area contributed by atoms with E-state index in [9.17, 15) is 4.91 Å². The Morgan fingerprint density at radius 3 is 2.26 bits per heavy atom. The van der Waals surface area contributed by atoms with E-state index < -0.39 is 0 Å². The molecular formula is C15H17N2O2+. The quantitative estimate of drug-likeness (QED) is 0.670. The largest absolute Gasteiger partial charge is 0.490 e. The topological polar surface area (TPSA) is 41.3 Å². The Bertz CT molecular complexity index is 592. The van der Waals surface area contributed by atoms with Crippen LogP contribution >= 0.6 is 0 Å². The smallest absolute Gasteiger partial charge is 0.333 e. The predicted octanol–water partition coefficient (Wildman–Crippen LogP) is 3.75. The lowest BCUT2D eigenvalue weighted by molar-refractivity contribution is -0.428. The molecule has 0 bridgehead atoms. The van der Waals surface area contributed by atoms with E-state index in [1.165, 1.54) is 0 Å². The van der Waals surface area contributed by atoms with Gasteiger partial charge in [-0.05, 0) is 37.6 Å². The van der Waals surface area contributed by atoms with E-state index in [0.717, 1.165) is 16.8 Å². The summed E-state index contributed by atoms with van der Waals surface area (Å²) in [6.45, 7) is 3.95. The zero-order valence-corrected chi connectivity index (χ0v) is 11.3. The van der Waals surface area contributed by atoms with E-state index in [1.807, 2.05) is 50.2 Å². The molecule has 0 fully saturated rings. The summed E-state index contributed by atoms with van der Waals surface area (Å²) in [5.74, 6) is 0.551. The molecule has 0 aliphatic rings. The molecule has 0 spiro atoms. The maximum absolute atomic E-state index is 12.1. The molecule has 0 saturated heterocycles. The number of nitrogens with one attached hydrogen (secondary N) is 1. The minimum atomic E-state index is 0.452. The van der Waals surface area contributed by atoms with Gasteiger partial charge in [-0.2, -0.15) is 0 Å². The van der Waals surface area contributed by atoms with E-state index in [4.69, 9.17) is 4.74 Å². The molecule has 0 amide bonds. The summed E-state index contributed by atoms with van der Waals surface area (Å²) >= 11 is 0. The van der Waals surface area contributed by atoms with Crippen LogP contribution in [-0.2, 0) is 0 Å². The second kappa shape index (κ2) is 5.52. The van der Waals surface area contributed by atoms with E-state index in [0.29, 0.717) is 16.3 Å². The fourth-order valence-electron chi connectivity index (χ4n) is 1.76. The summed E-state index contributed by atoms with van der Waals surface area (Å²) in [4.78, 5) is 12.8. The standard InChI is InChI=1S/C15H17N2O2/c1-11-4-7-13(8-5-11)16-17(18)14-9-6-12(2)10-15(14)19-3/h4-10H,1-3H3,(H,16,18)/q+1. The fraction of sp³-hybridized carbons (Fsp3) is 0.200. The lowest BCUT2D eigenvalue weighted by Gasteiger charge is -2.03. The van der Waals surface area contributed by atoms with Crippen LogP contribution in [0.3, 0.4) is 0 Å². The lowest BCUT2D eigenvalue weighted by Crippen LogP contribution is -2.11. The van der Waals surface area contributed by atoms with Gasteiger partial charge >= 0.3 is 5.69 Å². The van der Waals surface area contributed by atoms with Crippen molar-refractivity contribution >= 4 is 11.4 Å². The molecule has 0 unspecified atom stereocenters. The molecule has 2 aromatic rings. The number of benzene rings is 2. The maximum atomic E-state index is 12.1. The van der Waals surface area contributed by atoms with Gasteiger partial charge in [-0.15, -0.1) is 5.43 Å². The lowest BCUT2D eigenvalue weighted by atomic mass is 10.2. The van der Waals surface area contributed by atoms with E-state index >= 15 is 0 Å². The molecule has 0 aliphatic heterocycles. The van der Waals surface area contributed by atoms with Gasteiger partial charge in [0.25, 0.3) is 0 Å². The van der Waals surface area contributed by atoms with Crippen LogP contribution in [0.25, 0.3) is 0 Å². The monoisotopic (exact) mass is 257 g/mol. The van der Waals surface area contributed by atoms with Gasteiger partial charge in [-0.3, -0.25) is 0 Å². The first kappa shape index (κ1) is 13.1. The molecule has 19 heavy (non-hydrogen) atoms. The Kier molecular flexibility index (Phi) is 3.80. The van der Waals surface area contributed by atoms with Gasteiger partial charge in [0, 0.05) is 6.07 Å². The zero-order valence-electron chi connectivity index (χ0n) is 11.3. The Balaban J connectivity index is 2.22. The Hall–Kier alpha value is -2.36. The van der Waals surface area contributed by atoms with Crippen LogP contribution in [0.15, 0.2) is 42.5 Å². The van der Waals surface area contributed by atoms with Crippen molar-refractivity contribution < 1.29 is 9.61 Å². The molecule has 4 heteroatoms. The summed E-state index contributed by atoms with van der Waals surface area (Å²) < 4.78 is 5.22. The van der Waals surface area contributed by atoms with Crippen molar-refractivity contribution in [3.63, 3.8) is 0 Å². The second-order valence-electron chi connectivity index (χ2n) is 4.45. The van der Waals surface area contributed by atoms with Crippen molar-refractivity contribution in [1.29, 1.82) is 0 Å². The van der Waals surface area contributed by atoms with Crippen molar-refractivity contribution in [2.45, 2.75) is 13.8 Å². The van der Waals surface area contributed by atoms with Gasteiger partial charge < -0.3 is 4.74 Å². The van der Waals surface area contributed by atoms with Crippen molar-refractivity contribution in [2.75, 3.05) is 12.5 Å². The summed E-state index contributed by atoms with van der Waals surface area (Å²) in [6.07, 6.45) is 0. The van der Waals surface area contributed by atoms with E-state index in [2.05, 4.69) is 5.43 Å². The third kappa shape index (κ3) is 3.10. The normalized spacial score (nSPS) is 10.1. The zero-order chi connectivity index (χ0) is 13.8. The van der Waals surface area contributed by atoms with Gasteiger partial charge in [0.05, 0.1) is 12.0 Å². The third-order valence-electron chi connectivity index (χ3n) is 2.84. The van der Waals surface area contributed by atoms with Crippen LogP contribution in [0, 0.1) is 18.8 Å². The van der Waals surface area contributed by atoms with Crippen LogP contribution in [0.2, 0.25) is 0 Å². The molecule has 0 radical (unpaired) electrons. The minimum Gasteiger partial charge on any atom is -0.490 e. The molecule has 0 aliphatic carbocycles. The highest BCUT2D eigenvalue weighted by Crippen LogP contribution is 2.28. The molecule has 2 rings (SSSR count). The number of methoxy groups -OCH3 is 1. The summed E-state index contributed by atoms with van der Waals surface area (Å²) in [5.41, 5.74) is 6.16. The average molecular weight is 257 g/mol. The Labute approximate surface area is 112 Å². The third-order valence-corrected chi connectivity index (χ3v) is 2.84. The van der Waals surface area contributed by atoms with Gasteiger partial charge in [-0.25, -0.2) is 0 Å². The molecule has 2 aromatic carbocycles. The first-order valence-electron chi connectivity index (χ1n) is 6.05. The Morgan fingerprint density at radius 2 is 1.63 bits per heavy atom. The molecule has 4 nitrogen and oxygen atoms in total. The van der Waals surface area contributed by atoms with Gasteiger partial charge in [0.15, 0.2) is 10.6 Å². The molecule has 98 valence electrons. The molecule has 0 atom stereocenters. The van der Waals surface area contributed by atoms with Crippen LogP contribution in [0.4, 0.5) is 11.4 Å². The fourth-order valence-corrected chi connectivity index (χ4v) is 1.76. The molecular weight excluding hydrogens is 240 g/mol. The number of anilines is 1. The van der Waals surface area contributed by atoms with Crippen LogP contribution in [0.1, 0.15) is 11.1 Å². The number of hydrogen-bond acceptors (Lipinski definition) is 2. The summed E-state index contributed by atoms with van der Waals surface area (Å²) in [6, 6.07) is 13.1. The highest BCUT2D eigenvalue weighted by molar-refractivity contribution is 5.50. The van der Waals surface area contributed by atoms with E-state index in [-0.39, 0.29) is 0 Å². The number of rotatable bonds is 4. The molecule has 0 aromatic heterocycles. The van der Waals surface area contributed by atoms with Crippen molar-refractivity contribution in [3.8, 4) is 5.75 Å². The van der Waals surface area contributed by atoms with E-state index in [1.54, 1.807) is 13.2 Å². The minimum absolute atomic E-state index is 0.452. The van der Waals surface area contributed by atoms with Crippen LogP contribution in [-0.4, -0.2) is 12.0 Å². The molecule has 0 saturated carbocycles. The Morgan fingerprint density at radius 1 is 1.00 bits per heavy atom. The molecule has 0 heterocycles. The summed E-state index contributed by atoms with van der Waals surface area (Å²) in [5, 5.41) is 0. The van der Waals surface area contributed by atoms with Gasteiger partial charge in [0.2, 0.25) is 0 Å². The first-order valence-corrected chi connectivity index (χ1v) is 6.05. The maximum Gasteiger partial charge on any atom is 0.333 e. The SMILES string of the molecule is COc1cc(C)ccc1[N+](=O)Nc1ccc(C)cc1. The van der Waals surface area contributed by atoms with Crippen molar-refractivity contribution in [2.24, 2.45) is 0 Å². The van der Waals surface area contributed by atoms with Crippen molar-refractivity contribution in [3.05, 3.63) is 58.5 Å². The number of nitrogens with zero attached hydrogens (tertiary/aromatic N) is 1. The number of hydrazine groups is 1. The highest BCUT2D eigenvalue weighted by Gasteiger charge is 2.20. The van der Waals surface area contributed by atoms with Crippen LogP contribution < -0.4 is 10.2 Å². The number of aryl methyl sites for hydroxylation is 2. The van der Waals surface area contributed by atoms with Crippen molar-refractivity contribution in [1.82, 2.24) is 0 Å². The number of nitroso groups, excluding NO2 is 1. The van der Waals surface area contributed by atoms with Crippen LogP contribution in [0.5, 0.6) is 5.75 Å². The van der Waals surface area contributed by atoms with Gasteiger partial charge in [0.1, 0.15) is 5.69 Å². The second-order valence-corrected chi connectivity index (χ2v) is 4.45. The number of ether oxygens (including phenoxy) is 1. The predicted molar refractivity (Wildman–Crippen MR) is 75.8 cm³/mol. The van der Waals surface area contributed by atoms with Gasteiger partial charge in [-0.1, -0.05) is 23.8 Å². The highest BCUT2D eigenvalue weighted by atomic mass is 16.5. The average Bonchev–Trinajstić information content (AvgIpc) is 2.41. The summed E-state index contributed by atoms with van der Waals surface area (Å²) in [7, 11) is 1.55. The molecule has 1 N–H and O–H groups in total. The number of hydrogen-bond donors (Lipinski definition) is 1.